The monoisotopic (exact) mass is 890 g/mol. The molecular weight excluding hydrogens is 823 g/mol. The molecule has 19 nitrogen and oxygen atoms in total. The number of hydrogen-bond acceptors (Lipinski definition) is 12. The van der Waals surface area contributed by atoms with Crippen LogP contribution in [0.1, 0.15) is 75.8 Å². The van der Waals surface area contributed by atoms with Crippen LogP contribution in [0.25, 0.3) is 10.9 Å². The van der Waals surface area contributed by atoms with Gasteiger partial charge in [-0.3, -0.25) is 40.0 Å². The highest BCUT2D eigenvalue weighted by Crippen LogP contribution is 2.24. The molecule has 2 fully saturated rings. The van der Waals surface area contributed by atoms with Gasteiger partial charge in [-0.15, -0.1) is 0 Å². The van der Waals surface area contributed by atoms with Gasteiger partial charge in [-0.2, -0.15) is 0 Å². The maximum Gasteiger partial charge on any atom is 0.243 e. The number of H-pyrrole nitrogens is 1. The van der Waals surface area contributed by atoms with E-state index in [1.807, 2.05) is 30.3 Å². The minimum Gasteiger partial charge on any atom is -0.391 e. The van der Waals surface area contributed by atoms with Crippen molar-refractivity contribution >= 4 is 46.3 Å². The standard InChI is InChI=1S/C45H67N11O8/c1-27-16-17-30(57)18-21-49-19-8-7-14-34(39(46)59)52-42(62)37(23-29-25-51-33-13-6-5-12-32(29)33)54-40(60)35(15-9-20-50-45(47)48)53-41(61)36(22-28-10-3-2-4-11-28)55-43(63)38-24-31(58)26-56(38)44(27)64/h2-6,10-13,25,27,31,34-38,40,42,49,51-52,54,58,60,62H,7-9,14-24,26H2,1H3,(H2,46,59)(H,53,61)(H,55,63)(H4,47,48,50)/t27-,31+,34-,35-,36+,37-,38-,40-,42-/m0/s1. The summed E-state index contributed by atoms with van der Waals surface area (Å²) in [6.07, 6.45) is 0.676. The van der Waals surface area contributed by atoms with Crippen molar-refractivity contribution in [1.29, 1.82) is 5.41 Å². The highest BCUT2D eigenvalue weighted by molar-refractivity contribution is 5.93. The number of nitrogens with one attached hydrogen (secondary N) is 8. The lowest BCUT2D eigenvalue weighted by atomic mass is 9.99. The third kappa shape index (κ3) is 14.8. The molecule has 2 aliphatic rings. The van der Waals surface area contributed by atoms with Gasteiger partial charge < -0.3 is 57.9 Å². The first kappa shape index (κ1) is 49.6. The molecule has 1 aromatic heterocycles. The minimum absolute atomic E-state index is 0.0274. The van der Waals surface area contributed by atoms with Crippen LogP contribution in [-0.4, -0.2) is 136 Å². The fourth-order valence-electron chi connectivity index (χ4n) is 8.40. The number of fused-ring (bicyclic) bond motifs is 2. The molecule has 0 aliphatic carbocycles. The number of Topliss-reactive ketones (excluding diaryl/α,β-unsaturated/α-hetero) is 1. The van der Waals surface area contributed by atoms with Gasteiger partial charge in [0.15, 0.2) is 5.96 Å². The molecular formula is C45H67N11O8. The smallest absolute Gasteiger partial charge is 0.243 e. The van der Waals surface area contributed by atoms with Crippen molar-refractivity contribution < 1.29 is 39.3 Å². The zero-order chi connectivity index (χ0) is 46.2. The molecule has 15 N–H and O–H groups in total. The summed E-state index contributed by atoms with van der Waals surface area (Å²) in [4.78, 5) is 72.5. The van der Waals surface area contributed by atoms with E-state index in [1.54, 1.807) is 37.4 Å². The summed E-state index contributed by atoms with van der Waals surface area (Å²) >= 11 is 0. The predicted molar refractivity (Wildman–Crippen MR) is 241 cm³/mol. The second-order valence-electron chi connectivity index (χ2n) is 17.1. The van der Waals surface area contributed by atoms with Crippen LogP contribution < -0.4 is 43.4 Å². The summed E-state index contributed by atoms with van der Waals surface area (Å²) in [6.45, 7) is 2.83. The van der Waals surface area contributed by atoms with Gasteiger partial charge in [-0.25, -0.2) is 0 Å². The van der Waals surface area contributed by atoms with Crippen LogP contribution in [0.5, 0.6) is 0 Å². The first-order valence-corrected chi connectivity index (χ1v) is 22.4. The Morgan fingerprint density at radius 1 is 0.859 bits per heavy atom. The van der Waals surface area contributed by atoms with E-state index in [-0.39, 0.29) is 75.7 Å². The Morgan fingerprint density at radius 3 is 2.34 bits per heavy atom. The Labute approximate surface area is 373 Å². The number of primary amides is 1. The van der Waals surface area contributed by atoms with Crippen LogP contribution in [0.2, 0.25) is 0 Å². The van der Waals surface area contributed by atoms with Gasteiger partial charge in [0, 0.05) is 68.3 Å². The van der Waals surface area contributed by atoms with E-state index in [0.717, 1.165) is 16.5 Å². The molecule has 2 saturated heterocycles. The molecule has 5 rings (SSSR count). The van der Waals surface area contributed by atoms with Crippen LogP contribution in [-0.2, 0) is 36.8 Å². The summed E-state index contributed by atoms with van der Waals surface area (Å²) in [5.74, 6) is -3.24. The van der Waals surface area contributed by atoms with Gasteiger partial charge in [0.05, 0.1) is 24.2 Å². The van der Waals surface area contributed by atoms with E-state index in [2.05, 4.69) is 36.9 Å². The number of aromatic nitrogens is 1. The Kier molecular flexibility index (Phi) is 19.0. The number of hydrogen-bond donors (Lipinski definition) is 13. The molecule has 0 saturated carbocycles. The van der Waals surface area contributed by atoms with E-state index in [1.165, 1.54) is 4.90 Å². The number of aliphatic hydroxyl groups excluding tert-OH is 3. The van der Waals surface area contributed by atoms with E-state index in [9.17, 15) is 39.3 Å². The Morgan fingerprint density at radius 2 is 1.59 bits per heavy atom. The molecule has 350 valence electrons. The number of carbonyl (C=O) groups excluding carboxylic acids is 5. The largest absolute Gasteiger partial charge is 0.391 e. The maximum absolute atomic E-state index is 14.5. The molecule has 3 aromatic rings. The van der Waals surface area contributed by atoms with Gasteiger partial charge in [-0.05, 0) is 62.3 Å². The lowest BCUT2D eigenvalue weighted by Gasteiger charge is -2.34. The zero-order valence-corrected chi connectivity index (χ0v) is 36.6. The van der Waals surface area contributed by atoms with Crippen LogP contribution in [0, 0.1) is 11.3 Å². The number of aliphatic hydroxyl groups is 3. The summed E-state index contributed by atoms with van der Waals surface area (Å²) in [6, 6.07) is 11.4. The molecule has 4 amide bonds. The molecule has 0 spiro atoms. The molecule has 0 bridgehead atoms. The molecule has 2 aromatic carbocycles. The van der Waals surface area contributed by atoms with E-state index in [4.69, 9.17) is 16.9 Å². The lowest BCUT2D eigenvalue weighted by Crippen LogP contribution is -2.62. The Balaban J connectivity index is 1.47. The average molecular weight is 890 g/mol. The van der Waals surface area contributed by atoms with Crippen LogP contribution >= 0.6 is 0 Å². The fourth-order valence-corrected chi connectivity index (χ4v) is 8.40. The SMILES string of the molecule is C[C@H]1CCC(=O)CCNCCCC[C@@H](C(N)=O)N[C@@H](O)[C@H](Cc2c[nH]c3ccccc23)N[C@@H](O)[C@H](CCCNC(=N)N)NC(=O)[C@@H](Cc2ccccc2)NC(=O)[C@@H]2C[C@@H](O)CN2C1=O. The number of benzene rings is 2. The van der Waals surface area contributed by atoms with Crippen molar-refractivity contribution in [2.45, 2.75) is 126 Å². The van der Waals surface area contributed by atoms with E-state index < -0.39 is 72.4 Å². The van der Waals surface area contributed by atoms with Gasteiger partial charge in [0.2, 0.25) is 23.6 Å². The maximum atomic E-state index is 14.5. The van der Waals surface area contributed by atoms with Crippen molar-refractivity contribution in [3.05, 3.63) is 71.9 Å². The van der Waals surface area contributed by atoms with Crippen molar-refractivity contribution in [3.63, 3.8) is 0 Å². The molecule has 0 unspecified atom stereocenters. The number of guanidine groups is 1. The lowest BCUT2D eigenvalue weighted by molar-refractivity contribution is -0.142. The predicted octanol–water partition coefficient (Wildman–Crippen LogP) is -0.665. The number of ketones is 1. The van der Waals surface area contributed by atoms with Crippen LogP contribution in [0.3, 0.4) is 0 Å². The number of carbonyl (C=O) groups is 5. The number of nitrogens with two attached hydrogens (primary N) is 2. The third-order valence-corrected chi connectivity index (χ3v) is 12.0. The van der Waals surface area contributed by atoms with Crippen LogP contribution in [0.4, 0.5) is 0 Å². The molecule has 3 heterocycles. The number of aromatic amines is 1. The highest BCUT2D eigenvalue weighted by Gasteiger charge is 2.42. The molecule has 0 radical (unpaired) electrons. The number of nitrogens with zero attached hydrogens (tertiary/aromatic N) is 1. The molecule has 64 heavy (non-hydrogen) atoms. The number of para-hydroxylation sites is 1. The van der Waals surface area contributed by atoms with Gasteiger partial charge >= 0.3 is 0 Å². The van der Waals surface area contributed by atoms with Gasteiger partial charge in [-0.1, -0.05) is 61.9 Å². The normalized spacial score (nSPS) is 27.9. The first-order chi connectivity index (χ1) is 30.7. The van der Waals surface area contributed by atoms with E-state index >= 15 is 0 Å². The molecule has 19 heteroatoms. The Hall–Kier alpha value is -5.44. The fraction of sp³-hybridized carbons (Fsp3) is 0.556. The van der Waals surface area contributed by atoms with Crippen molar-refractivity contribution in [2.24, 2.45) is 17.4 Å². The topological polar surface area (TPSA) is 313 Å². The number of amides is 4. The first-order valence-electron chi connectivity index (χ1n) is 22.4. The van der Waals surface area contributed by atoms with Crippen molar-refractivity contribution in [1.82, 2.24) is 41.8 Å². The molecule has 2 aliphatic heterocycles. The second kappa shape index (κ2) is 24.6. The average Bonchev–Trinajstić information content (AvgIpc) is 3.87. The summed E-state index contributed by atoms with van der Waals surface area (Å²) in [5, 5.41) is 60.8. The van der Waals surface area contributed by atoms with Crippen molar-refractivity contribution in [3.8, 4) is 0 Å². The third-order valence-electron chi connectivity index (χ3n) is 12.0. The van der Waals surface area contributed by atoms with Crippen LogP contribution in [0.15, 0.2) is 60.8 Å². The molecule has 9 atom stereocenters. The zero-order valence-electron chi connectivity index (χ0n) is 36.6. The second-order valence-corrected chi connectivity index (χ2v) is 17.1. The summed E-state index contributed by atoms with van der Waals surface area (Å²) in [5.41, 5.74) is 13.7. The minimum atomic E-state index is -1.51. The van der Waals surface area contributed by atoms with Crippen molar-refractivity contribution in [2.75, 3.05) is 26.2 Å². The van der Waals surface area contributed by atoms with Gasteiger partial charge in [0.1, 0.15) is 30.3 Å². The summed E-state index contributed by atoms with van der Waals surface area (Å²) in [7, 11) is 0. The van der Waals surface area contributed by atoms with Gasteiger partial charge in [0.25, 0.3) is 0 Å². The van der Waals surface area contributed by atoms with E-state index in [0.29, 0.717) is 44.3 Å². The highest BCUT2D eigenvalue weighted by atomic mass is 16.3. The summed E-state index contributed by atoms with van der Waals surface area (Å²) < 4.78 is 0. The quantitative estimate of drug-likeness (QED) is 0.0722. The number of rotatable bonds is 9. The Bertz CT molecular complexity index is 2020.